The first-order chi connectivity index (χ1) is 41.3. The summed E-state index contributed by atoms with van der Waals surface area (Å²) in [5, 5.41) is 2.35. The molecule has 0 saturated carbocycles. The molecule has 86 heavy (non-hydrogen) atoms. The zero-order valence-corrected chi connectivity index (χ0v) is 55.7. The highest BCUT2D eigenvalue weighted by Crippen LogP contribution is 2.44. The second kappa shape index (κ2) is 33.5. The summed E-state index contributed by atoms with van der Waals surface area (Å²) in [5.41, 5.74) is 1.07. The molecule has 0 radical (unpaired) electrons. The van der Waals surface area contributed by atoms with Crippen LogP contribution in [0.15, 0.2) is 60.7 Å². The summed E-state index contributed by atoms with van der Waals surface area (Å²) in [6.45, 7) is 21.9. The molecule has 20 heteroatoms. The number of carbonyl (C=O) groups excluding carboxylic acids is 4. The highest BCUT2D eigenvalue weighted by molar-refractivity contribution is 9.09. The maximum Gasteiger partial charge on any atom is 0.417 e. The molecule has 8 atom stereocenters. The second-order valence-corrected chi connectivity index (χ2v) is 26.8. The van der Waals surface area contributed by atoms with E-state index in [-0.39, 0.29) is 36.0 Å². The summed E-state index contributed by atoms with van der Waals surface area (Å²) in [6.07, 6.45) is 15.3. The Bertz CT molecular complexity index is 2380. The maximum atomic E-state index is 14.5. The number of rotatable bonds is 26. The first-order valence-corrected chi connectivity index (χ1v) is 33.8. The van der Waals surface area contributed by atoms with Gasteiger partial charge in [-0.05, 0) is 153 Å². The van der Waals surface area contributed by atoms with E-state index in [4.69, 9.17) is 47.4 Å². The molecule has 0 N–H and O–H groups in total. The molecule has 18 nitrogen and oxygen atoms in total. The Morgan fingerprint density at radius 3 is 1.23 bits per heavy atom. The number of carbonyl (C=O) groups is 4. The zero-order valence-electron chi connectivity index (χ0n) is 52.6. The molecule has 6 aliphatic rings. The molecule has 2 aromatic rings. The van der Waals surface area contributed by atoms with Gasteiger partial charge in [0.05, 0.1) is 36.7 Å². The van der Waals surface area contributed by atoms with Gasteiger partial charge in [-0.25, -0.2) is 19.4 Å². The van der Waals surface area contributed by atoms with Crippen molar-refractivity contribution in [2.75, 3.05) is 74.2 Å². The third-order valence-electron chi connectivity index (χ3n) is 16.1. The molecule has 0 aliphatic carbocycles. The lowest BCUT2D eigenvalue weighted by atomic mass is 10.1. The van der Waals surface area contributed by atoms with E-state index in [1.54, 1.807) is 87.7 Å². The Kier molecular flexibility index (Phi) is 27.0. The van der Waals surface area contributed by atoms with Crippen molar-refractivity contribution >= 4 is 67.2 Å². The topological polar surface area (TPSA) is 174 Å². The van der Waals surface area contributed by atoms with Crippen LogP contribution in [0.5, 0.6) is 11.5 Å². The molecule has 0 spiro atoms. The molecular weight excluding hydrogens is 1230 g/mol. The zero-order chi connectivity index (χ0) is 62.0. The number of halogens is 2. The Morgan fingerprint density at radius 1 is 0.547 bits per heavy atom. The number of methoxy groups -OCH3 is 2. The molecule has 8 rings (SSSR count). The second-order valence-electron chi connectivity index (χ2n) is 25.2. The number of hydrogen-bond donors (Lipinski definition) is 0. The van der Waals surface area contributed by atoms with Gasteiger partial charge in [0, 0.05) is 50.2 Å². The van der Waals surface area contributed by atoms with E-state index in [2.05, 4.69) is 45.0 Å². The van der Waals surface area contributed by atoms with E-state index in [1.165, 1.54) is 79.6 Å². The summed E-state index contributed by atoms with van der Waals surface area (Å²) in [6, 6.07) is 8.68. The molecule has 0 bridgehead atoms. The van der Waals surface area contributed by atoms with Gasteiger partial charge in [0.1, 0.15) is 47.0 Å². The fourth-order valence-corrected chi connectivity index (χ4v) is 12.7. The molecule has 6 heterocycles. The van der Waals surface area contributed by atoms with Gasteiger partial charge in [0.25, 0.3) is 11.8 Å². The van der Waals surface area contributed by atoms with Crippen molar-refractivity contribution < 1.29 is 66.5 Å². The lowest BCUT2D eigenvalue weighted by Gasteiger charge is -2.40. The Morgan fingerprint density at radius 2 is 0.907 bits per heavy atom. The van der Waals surface area contributed by atoms with Crippen LogP contribution in [0.2, 0.25) is 0 Å². The predicted molar refractivity (Wildman–Crippen MR) is 340 cm³/mol. The minimum atomic E-state index is -1.00. The molecule has 4 saturated heterocycles. The van der Waals surface area contributed by atoms with Gasteiger partial charge in [-0.15, -0.1) is 0 Å². The van der Waals surface area contributed by atoms with Gasteiger partial charge in [-0.3, -0.25) is 9.59 Å². The normalized spacial score (nSPS) is 24.0. The smallest absolute Gasteiger partial charge is 0.417 e. The summed E-state index contributed by atoms with van der Waals surface area (Å²) in [4.78, 5) is 64.0. The molecule has 4 amide bonds. The number of amides is 4. The summed E-state index contributed by atoms with van der Waals surface area (Å²) >= 11 is 6.87. The van der Waals surface area contributed by atoms with Crippen LogP contribution in [0.4, 0.5) is 21.0 Å². The molecule has 0 aromatic heterocycles. The van der Waals surface area contributed by atoms with Crippen LogP contribution >= 0.6 is 31.9 Å². The third-order valence-corrected chi connectivity index (χ3v) is 17.2. The van der Waals surface area contributed by atoms with Crippen molar-refractivity contribution in [2.24, 2.45) is 0 Å². The minimum Gasteiger partial charge on any atom is -0.497 e. The van der Waals surface area contributed by atoms with Crippen molar-refractivity contribution in [2.45, 2.75) is 230 Å². The lowest BCUT2D eigenvalue weighted by Crippen LogP contribution is -2.58. The average molecular weight is 1330 g/mol. The van der Waals surface area contributed by atoms with Gasteiger partial charge in [0.15, 0.2) is 25.0 Å². The van der Waals surface area contributed by atoms with Gasteiger partial charge >= 0.3 is 12.2 Å². The van der Waals surface area contributed by atoms with Crippen LogP contribution in [0.25, 0.3) is 0 Å². The number of benzene rings is 2. The van der Waals surface area contributed by atoms with Gasteiger partial charge in [0.2, 0.25) is 0 Å². The van der Waals surface area contributed by atoms with Gasteiger partial charge in [-0.2, -0.15) is 0 Å². The van der Waals surface area contributed by atoms with E-state index < -0.39 is 72.7 Å². The first kappa shape index (κ1) is 69.2. The highest BCUT2D eigenvalue weighted by atomic mass is 79.9. The number of anilines is 2. The largest absolute Gasteiger partial charge is 0.497 e. The number of fused-ring (bicyclic) bond motifs is 4. The van der Waals surface area contributed by atoms with Crippen molar-refractivity contribution in [1.82, 2.24) is 9.80 Å². The van der Waals surface area contributed by atoms with Gasteiger partial charge < -0.3 is 57.2 Å². The molecule has 4 fully saturated rings. The van der Waals surface area contributed by atoms with Crippen LogP contribution in [-0.2, 0) is 37.9 Å². The lowest BCUT2D eigenvalue weighted by molar-refractivity contribution is -0.201. The van der Waals surface area contributed by atoms with Crippen molar-refractivity contribution in [3.05, 3.63) is 71.8 Å². The molecule has 480 valence electrons. The van der Waals surface area contributed by atoms with E-state index in [1.807, 2.05) is 0 Å². The van der Waals surface area contributed by atoms with E-state index >= 15 is 0 Å². The Balaban J connectivity index is 0.000000873. The number of nitrogens with zero attached hydrogens (tertiary/aromatic N) is 4. The first-order valence-electron chi connectivity index (χ1n) is 31.6. The summed E-state index contributed by atoms with van der Waals surface area (Å²) < 4.78 is 62.0. The van der Waals surface area contributed by atoms with Crippen LogP contribution in [-0.4, -0.2) is 159 Å². The van der Waals surface area contributed by atoms with Gasteiger partial charge in [-0.1, -0.05) is 109 Å². The molecule has 2 aromatic carbocycles. The van der Waals surface area contributed by atoms with Crippen LogP contribution in [0.3, 0.4) is 0 Å². The fraction of sp³-hybridized carbons (Fsp3) is 0.697. The number of unbranched alkanes of at least 4 members (excludes halogenated alkanes) is 12. The number of ether oxygens (including phenoxy) is 10. The van der Waals surface area contributed by atoms with Crippen LogP contribution in [0.1, 0.15) is 191 Å². The summed E-state index contributed by atoms with van der Waals surface area (Å²) in [5.74, 6) is 0.382. The Hall–Kier alpha value is -4.28. The molecular formula is C66H98Br2N4O14. The average Bonchev–Trinajstić information content (AvgIpc) is 2.10. The van der Waals surface area contributed by atoms with Crippen LogP contribution < -0.4 is 19.3 Å². The minimum absolute atomic E-state index is 0.228. The van der Waals surface area contributed by atoms with E-state index in [0.717, 1.165) is 81.8 Å². The number of hydrogen-bond acceptors (Lipinski definition) is 14. The van der Waals surface area contributed by atoms with Crippen molar-refractivity contribution in [3.8, 4) is 11.5 Å². The summed E-state index contributed by atoms with van der Waals surface area (Å²) in [7, 11) is 3.07. The predicted octanol–water partition coefficient (Wildman–Crippen LogP) is 14.4. The molecule has 6 aliphatic heterocycles. The monoisotopic (exact) mass is 1330 g/mol. The van der Waals surface area contributed by atoms with E-state index in [0.29, 0.717) is 62.1 Å². The fourth-order valence-electron chi connectivity index (χ4n) is 11.9. The van der Waals surface area contributed by atoms with Crippen molar-refractivity contribution in [3.63, 3.8) is 0 Å². The standard InChI is InChI=1S/C57H80N4O14.C9H18Br2/c1-36-34-58-46(52(72-44-22-16-20-28-68-44)60(54(64)74-56(3,4)5)42-26-24-38(66-9)32-40(42)50(58)62)48(36)70-30-18-14-12-11-13-15-19-31-71-49-37(2)35-59-47(49)53(73-45-23-17-21-29-69-45)61(55(65)75-57(6,7)8)43-27-25-39(67-10)33-41(43)51(59)63;10-8-6-4-2-1-3-5-7-9-11/h24-27,32-33,44-49,52-53H,1-2,11-23,28-31,34-35H2,3-10H3;1-9H2/t44?,45?,46-,47-,48?,49?,52-,53-;/m0./s1. The SMILES string of the molecule is BrCCCCCCCCCBr.C=C1CN2C(=O)c3cc(OC)ccc3N(C(=O)OC(C)(C)C)[C@@H](OC3CCCCO3)[C@@H]2C1OCCCCCCCCCOC1C(=C)CN2C(=O)c3cc(OC)ccc3N(C(=O)OC(C)(C)C)[C@@H](OC3CCCCO3)[C@H]12. The third kappa shape index (κ3) is 18.9. The highest BCUT2D eigenvalue weighted by Gasteiger charge is 2.55. The van der Waals surface area contributed by atoms with E-state index in [9.17, 15) is 19.2 Å². The van der Waals surface area contributed by atoms with Crippen LogP contribution in [0, 0.1) is 0 Å². The number of alkyl halides is 2. The maximum absolute atomic E-state index is 14.5. The van der Waals surface area contributed by atoms with Crippen molar-refractivity contribution in [1.29, 1.82) is 0 Å². The molecule has 4 unspecified atom stereocenters. The quantitative estimate of drug-likeness (QED) is 0.0494. The Labute approximate surface area is 528 Å².